The fourth-order valence-corrected chi connectivity index (χ4v) is 4.49. The Morgan fingerprint density at radius 2 is 1.32 bits per heavy atom. The molecule has 0 heterocycles. The van der Waals surface area contributed by atoms with Crippen LogP contribution in [0.1, 0.15) is 0 Å². The van der Waals surface area contributed by atoms with E-state index in [4.69, 9.17) is 12.2 Å². The highest BCUT2D eigenvalue weighted by molar-refractivity contribution is 7.83. The average Bonchev–Trinajstić information content (AvgIpc) is 2.46. The summed E-state index contributed by atoms with van der Waals surface area (Å²) in [5.74, 6) is 0. The van der Waals surface area contributed by atoms with Crippen LogP contribution >= 0.6 is 20.1 Å². The molecule has 2 rings (SSSR count). The summed E-state index contributed by atoms with van der Waals surface area (Å²) in [6.07, 6.45) is 0.936. The maximum Gasteiger partial charge on any atom is 0.0823 e. The predicted molar refractivity (Wildman–Crippen MR) is 90.2 cm³/mol. The molecule has 0 aliphatic heterocycles. The van der Waals surface area contributed by atoms with E-state index < -0.39 is 7.92 Å². The average molecular weight is 287 g/mol. The minimum Gasteiger partial charge on any atom is -0.372 e. The molecular weight excluding hydrogens is 269 g/mol. The number of hydrogen-bond acceptors (Lipinski definition) is 1. The first kappa shape index (κ1) is 14.2. The van der Waals surface area contributed by atoms with Crippen LogP contribution < -0.4 is 10.6 Å². The number of nitrogens with zero attached hydrogens (tertiary/aromatic N) is 1. The van der Waals surface area contributed by atoms with Crippen LogP contribution in [0, 0.1) is 0 Å². The summed E-state index contributed by atoms with van der Waals surface area (Å²) in [5, 5.41) is 2.76. The molecule has 0 bridgehead atoms. The van der Waals surface area contributed by atoms with E-state index in [1.165, 1.54) is 10.6 Å². The second-order valence-electron chi connectivity index (χ2n) is 4.55. The predicted octanol–water partition coefficient (Wildman–Crippen LogP) is 3.01. The van der Waals surface area contributed by atoms with Crippen LogP contribution in [-0.2, 0) is 0 Å². The molecule has 2 aromatic rings. The summed E-state index contributed by atoms with van der Waals surface area (Å²) in [5.41, 5.74) is 0. The van der Waals surface area contributed by atoms with Gasteiger partial charge in [-0.15, -0.1) is 0 Å². The van der Waals surface area contributed by atoms with Gasteiger partial charge in [0.25, 0.3) is 0 Å². The monoisotopic (exact) mass is 287 g/mol. The van der Waals surface area contributed by atoms with Crippen molar-refractivity contribution in [3.8, 4) is 0 Å². The standard InChI is InChI=1S/C16H18NPS/c1-17(2)16(19)13-18(14-9-5-3-6-10-14)15-11-7-4-8-12-15/h3-12H,13H2,1-2H3. The normalized spacial score (nSPS) is 10.5. The van der Waals surface area contributed by atoms with E-state index in [2.05, 4.69) is 60.7 Å². The maximum atomic E-state index is 5.50. The molecule has 0 atom stereocenters. The van der Waals surface area contributed by atoms with Crippen molar-refractivity contribution in [2.24, 2.45) is 0 Å². The first-order valence-corrected chi connectivity index (χ1v) is 8.20. The highest BCUT2D eigenvalue weighted by atomic mass is 32.1. The van der Waals surface area contributed by atoms with Gasteiger partial charge in [0.1, 0.15) is 0 Å². The lowest BCUT2D eigenvalue weighted by molar-refractivity contribution is 0.633. The van der Waals surface area contributed by atoms with Gasteiger partial charge in [-0.2, -0.15) is 0 Å². The Hall–Kier alpha value is -1.24. The Morgan fingerprint density at radius 1 is 0.895 bits per heavy atom. The Kier molecular flexibility index (Phi) is 5.07. The summed E-state index contributed by atoms with van der Waals surface area (Å²) in [6.45, 7) is 0. The lowest BCUT2D eigenvalue weighted by Gasteiger charge is -2.22. The SMILES string of the molecule is CN(C)C(=S)CP(c1ccccc1)c1ccccc1. The zero-order valence-corrected chi connectivity index (χ0v) is 13.0. The molecule has 0 aliphatic carbocycles. The van der Waals surface area contributed by atoms with Crippen LogP contribution in [-0.4, -0.2) is 30.1 Å². The number of hydrogen-bond donors (Lipinski definition) is 0. The summed E-state index contributed by atoms with van der Waals surface area (Å²) in [6, 6.07) is 21.4. The molecule has 0 N–H and O–H groups in total. The second kappa shape index (κ2) is 6.79. The van der Waals surface area contributed by atoms with E-state index >= 15 is 0 Å². The van der Waals surface area contributed by atoms with Crippen LogP contribution in [0.3, 0.4) is 0 Å². The Morgan fingerprint density at radius 3 is 1.68 bits per heavy atom. The summed E-state index contributed by atoms with van der Waals surface area (Å²) < 4.78 is 0. The first-order chi connectivity index (χ1) is 9.18. The Balaban J connectivity index is 2.32. The molecule has 0 aliphatic rings. The molecule has 0 unspecified atom stereocenters. The maximum absolute atomic E-state index is 5.50. The van der Waals surface area contributed by atoms with Crippen molar-refractivity contribution >= 4 is 35.7 Å². The van der Waals surface area contributed by atoms with Gasteiger partial charge in [-0.25, -0.2) is 0 Å². The van der Waals surface area contributed by atoms with Gasteiger partial charge in [-0.05, 0) is 18.5 Å². The summed E-state index contributed by atoms with van der Waals surface area (Å²) in [4.78, 5) is 3.05. The third-order valence-corrected chi connectivity index (χ3v) is 6.11. The van der Waals surface area contributed by atoms with E-state index in [1.807, 2.05) is 19.0 Å². The number of benzene rings is 2. The minimum atomic E-state index is -0.406. The molecule has 1 nitrogen and oxygen atoms in total. The number of thiocarbonyl (C=S) groups is 1. The third-order valence-electron chi connectivity index (χ3n) is 2.93. The van der Waals surface area contributed by atoms with E-state index in [9.17, 15) is 0 Å². The molecule has 0 aromatic heterocycles. The molecule has 0 saturated carbocycles. The molecule has 0 radical (unpaired) electrons. The van der Waals surface area contributed by atoms with Gasteiger partial charge in [0.2, 0.25) is 0 Å². The second-order valence-corrected chi connectivity index (χ2v) is 7.22. The van der Waals surface area contributed by atoms with Gasteiger partial charge in [-0.3, -0.25) is 0 Å². The highest BCUT2D eigenvalue weighted by Crippen LogP contribution is 2.33. The fourth-order valence-electron chi connectivity index (χ4n) is 1.82. The quantitative estimate of drug-likeness (QED) is 0.628. The van der Waals surface area contributed by atoms with E-state index in [0.29, 0.717) is 0 Å². The van der Waals surface area contributed by atoms with E-state index in [0.717, 1.165) is 11.2 Å². The summed E-state index contributed by atoms with van der Waals surface area (Å²) in [7, 11) is 3.63. The topological polar surface area (TPSA) is 3.24 Å². The largest absolute Gasteiger partial charge is 0.372 e. The molecule has 0 saturated heterocycles. The molecule has 19 heavy (non-hydrogen) atoms. The van der Waals surface area contributed by atoms with Crippen LogP contribution in [0.4, 0.5) is 0 Å². The van der Waals surface area contributed by atoms with Crippen molar-refractivity contribution < 1.29 is 0 Å². The lowest BCUT2D eigenvalue weighted by Crippen LogP contribution is -2.26. The van der Waals surface area contributed by atoms with Crippen LogP contribution in [0.2, 0.25) is 0 Å². The highest BCUT2D eigenvalue weighted by Gasteiger charge is 2.16. The van der Waals surface area contributed by atoms with Crippen LogP contribution in [0.5, 0.6) is 0 Å². The zero-order valence-electron chi connectivity index (χ0n) is 11.3. The van der Waals surface area contributed by atoms with Gasteiger partial charge >= 0.3 is 0 Å². The van der Waals surface area contributed by atoms with Gasteiger partial charge < -0.3 is 4.90 Å². The van der Waals surface area contributed by atoms with Gasteiger partial charge in [0.15, 0.2) is 0 Å². The van der Waals surface area contributed by atoms with Gasteiger partial charge in [-0.1, -0.05) is 72.9 Å². The van der Waals surface area contributed by atoms with Gasteiger partial charge in [0.05, 0.1) is 4.99 Å². The fraction of sp³-hybridized carbons (Fsp3) is 0.188. The van der Waals surface area contributed by atoms with Crippen LogP contribution in [0.25, 0.3) is 0 Å². The molecule has 0 amide bonds. The minimum absolute atomic E-state index is 0.406. The van der Waals surface area contributed by atoms with Crippen molar-refractivity contribution in [1.82, 2.24) is 4.90 Å². The van der Waals surface area contributed by atoms with E-state index in [-0.39, 0.29) is 0 Å². The number of rotatable bonds is 4. The van der Waals surface area contributed by atoms with Crippen molar-refractivity contribution in [1.29, 1.82) is 0 Å². The first-order valence-electron chi connectivity index (χ1n) is 6.26. The summed E-state index contributed by atoms with van der Waals surface area (Å²) >= 11 is 5.50. The molecular formula is C16H18NPS. The van der Waals surface area contributed by atoms with Crippen LogP contribution in [0.15, 0.2) is 60.7 Å². The molecule has 3 heteroatoms. The Labute approximate surface area is 122 Å². The lowest BCUT2D eigenvalue weighted by atomic mass is 10.4. The molecule has 98 valence electrons. The molecule has 2 aromatic carbocycles. The van der Waals surface area contributed by atoms with Crippen molar-refractivity contribution in [2.75, 3.05) is 20.3 Å². The zero-order chi connectivity index (χ0) is 13.7. The van der Waals surface area contributed by atoms with E-state index in [1.54, 1.807) is 0 Å². The molecule has 0 spiro atoms. The Bertz CT molecular complexity index is 485. The smallest absolute Gasteiger partial charge is 0.0823 e. The van der Waals surface area contributed by atoms with Crippen molar-refractivity contribution in [2.45, 2.75) is 0 Å². The molecule has 0 fully saturated rings. The van der Waals surface area contributed by atoms with Crippen molar-refractivity contribution in [3.05, 3.63) is 60.7 Å². The van der Waals surface area contributed by atoms with Gasteiger partial charge in [0, 0.05) is 20.3 Å². The third kappa shape index (κ3) is 3.86. The van der Waals surface area contributed by atoms with Crippen molar-refractivity contribution in [3.63, 3.8) is 0 Å².